The number of carbonyl (C=O) groups is 4. The van der Waals surface area contributed by atoms with Gasteiger partial charge in [0.25, 0.3) is 5.69 Å². The van der Waals surface area contributed by atoms with Gasteiger partial charge >= 0.3 is 23.9 Å². The summed E-state index contributed by atoms with van der Waals surface area (Å²) in [6, 6.07) is 14.2. The first-order valence-corrected chi connectivity index (χ1v) is 18.4. The lowest BCUT2D eigenvalue weighted by Crippen LogP contribution is -2.23. The Morgan fingerprint density at radius 3 is 1.68 bits per heavy atom. The van der Waals surface area contributed by atoms with Crippen molar-refractivity contribution in [3.8, 4) is 28.3 Å². The molecule has 6 rings (SSSR count). The minimum atomic E-state index is -1.20. The van der Waals surface area contributed by atoms with Crippen LogP contribution in [0.2, 0.25) is 0 Å². The highest BCUT2D eigenvalue weighted by Gasteiger charge is 2.31. The number of hydrogen-bond donors (Lipinski definition) is 1. The number of carboxylic acid groups (broad SMARTS) is 1. The molecule has 2 fully saturated rings. The number of nitriles is 1. The zero-order chi connectivity index (χ0) is 42.1. The number of aromatic carboxylic acids is 1. The molecule has 2 saturated heterocycles. The van der Waals surface area contributed by atoms with Gasteiger partial charge in [-0.25, -0.2) is 19.2 Å². The number of carboxylic acids is 1. The summed E-state index contributed by atoms with van der Waals surface area (Å²) < 4.78 is 26.9. The lowest BCUT2D eigenvalue weighted by molar-refractivity contribution is -0.384. The molecule has 1 N–H and O–H groups in total. The molecule has 0 radical (unpaired) electrons. The molecule has 0 amide bonds. The minimum Gasteiger partial charge on any atom is -0.478 e. The zero-order valence-corrected chi connectivity index (χ0v) is 33.9. The zero-order valence-electron chi connectivity index (χ0n) is 33.1. The van der Waals surface area contributed by atoms with Crippen LogP contribution in [0.3, 0.4) is 0 Å². The average molecular weight is 831 g/mol. The first kappa shape index (κ1) is 45.4. The van der Waals surface area contributed by atoms with Crippen molar-refractivity contribution in [2.75, 3.05) is 33.5 Å². The van der Waals surface area contributed by atoms with Gasteiger partial charge < -0.3 is 28.8 Å². The van der Waals surface area contributed by atoms with Crippen molar-refractivity contribution in [2.24, 2.45) is 0 Å². The van der Waals surface area contributed by atoms with E-state index in [1.54, 1.807) is 52.0 Å². The summed E-state index contributed by atoms with van der Waals surface area (Å²) in [6.45, 7) is 7.83. The van der Waals surface area contributed by atoms with Gasteiger partial charge in [0.15, 0.2) is 0 Å². The van der Waals surface area contributed by atoms with E-state index in [4.69, 9.17) is 28.9 Å². The van der Waals surface area contributed by atoms with E-state index >= 15 is 0 Å². The molecular weight excluding hydrogens is 788 g/mol. The van der Waals surface area contributed by atoms with Gasteiger partial charge in [0.05, 0.1) is 80.9 Å². The number of halogens is 1. The molecule has 16 nitrogen and oxygen atoms in total. The molecule has 310 valence electrons. The van der Waals surface area contributed by atoms with Crippen LogP contribution in [0.25, 0.3) is 22.3 Å². The Balaban J connectivity index is 0.000000279. The number of non-ortho nitro benzene ring substituents is 1. The predicted octanol–water partition coefficient (Wildman–Crippen LogP) is 7.09. The number of ether oxygens (including phenoxy) is 5. The summed E-state index contributed by atoms with van der Waals surface area (Å²) in [6.07, 6.45) is 3.00. The summed E-state index contributed by atoms with van der Waals surface area (Å²) in [5, 5.41) is 30.0. The Morgan fingerprint density at radius 1 is 0.780 bits per heavy atom. The molecule has 17 heteroatoms. The molecule has 0 aliphatic carbocycles. The third-order valence-electron chi connectivity index (χ3n) is 9.60. The van der Waals surface area contributed by atoms with Crippen LogP contribution in [0.15, 0.2) is 48.5 Å². The van der Waals surface area contributed by atoms with E-state index in [2.05, 4.69) is 9.97 Å². The number of nitro benzene ring substituents is 1. The summed E-state index contributed by atoms with van der Waals surface area (Å²) in [5.74, 6) is -3.23. The Kier molecular flexibility index (Phi) is 15.7. The molecule has 2 unspecified atom stereocenters. The fraction of sp³-hybridized carbons (Fsp3) is 0.357. The first-order chi connectivity index (χ1) is 27.7. The molecule has 0 bridgehead atoms. The number of hydrogen-bond acceptors (Lipinski definition) is 14. The Hall–Kier alpha value is -6.28. The molecule has 0 saturated carbocycles. The topological polar surface area (TPSA) is 227 Å². The minimum absolute atomic E-state index is 0. The molecule has 4 heterocycles. The van der Waals surface area contributed by atoms with E-state index in [1.165, 1.54) is 31.4 Å². The summed E-state index contributed by atoms with van der Waals surface area (Å²) in [5.41, 5.74) is 2.88. The monoisotopic (exact) mass is 830 g/mol. The molecule has 0 spiro atoms. The second kappa shape index (κ2) is 20.4. The molecule has 2 aromatic heterocycles. The van der Waals surface area contributed by atoms with Gasteiger partial charge in [-0.1, -0.05) is 24.3 Å². The first-order valence-electron chi connectivity index (χ1n) is 18.4. The van der Waals surface area contributed by atoms with Crippen LogP contribution in [0.5, 0.6) is 0 Å². The van der Waals surface area contributed by atoms with Crippen molar-refractivity contribution in [3.63, 3.8) is 0 Å². The maximum atomic E-state index is 13.3. The van der Waals surface area contributed by atoms with E-state index in [1.807, 2.05) is 6.07 Å². The highest BCUT2D eigenvalue weighted by atomic mass is 35.5. The number of nitro groups is 1. The maximum absolute atomic E-state index is 13.3. The van der Waals surface area contributed by atoms with Crippen molar-refractivity contribution in [3.05, 3.63) is 109 Å². The standard InChI is InChI=1S/C25H28N2O8.C17H14N2O4.ClH/c1-15-21(24(28)34-13-19-8-4-10-32-19)23(17-6-3-7-18(12-17)27(30)31)22(16(2)26-15)25(29)35-14-20-9-5-11-33-20;1-9-13(16(20)21)15(12-6-4-5-11(7-12)8-18)14(10(2)19-9)17(22)23-3;/h3,6-7,12,19-20H,4-5,8-11,13-14H2,1-2H3;4-7H,1-3H3,(H,20,21);1H. The van der Waals surface area contributed by atoms with Gasteiger partial charge in [0.2, 0.25) is 0 Å². The SMILES string of the molecule is COC(=O)c1c(C)nc(C)c(C(=O)O)c1-c1cccc(C#N)c1.Cc1nc(C)c(C(=O)OCC2CCCO2)c(-c2cccc([N+](=O)[O-])c2)c1C(=O)OCC1CCCO1.Cl. The second-order valence-corrected chi connectivity index (χ2v) is 13.6. The number of esters is 3. The lowest BCUT2D eigenvalue weighted by atomic mass is 9.91. The van der Waals surface area contributed by atoms with Crippen LogP contribution in [-0.2, 0) is 23.7 Å². The Labute approximate surface area is 346 Å². The Bertz CT molecular complexity index is 2240. The molecule has 2 atom stereocenters. The van der Waals surface area contributed by atoms with Crippen LogP contribution in [0, 0.1) is 49.1 Å². The highest BCUT2D eigenvalue weighted by Crippen LogP contribution is 2.35. The van der Waals surface area contributed by atoms with Gasteiger partial charge in [-0.05, 0) is 76.6 Å². The third-order valence-corrected chi connectivity index (χ3v) is 9.60. The average Bonchev–Trinajstić information content (AvgIpc) is 3.94. The number of carbonyl (C=O) groups excluding carboxylic acids is 3. The summed E-state index contributed by atoms with van der Waals surface area (Å²) >= 11 is 0. The molecular formula is C42H43ClN4O12. The van der Waals surface area contributed by atoms with Gasteiger partial charge in [0, 0.05) is 36.5 Å². The molecule has 4 aromatic rings. The van der Waals surface area contributed by atoms with Gasteiger partial charge in [-0.15, -0.1) is 12.4 Å². The van der Waals surface area contributed by atoms with Gasteiger partial charge in [-0.2, -0.15) is 5.26 Å². The van der Waals surface area contributed by atoms with E-state index in [9.17, 15) is 34.4 Å². The predicted molar refractivity (Wildman–Crippen MR) is 214 cm³/mol. The van der Waals surface area contributed by atoms with Crippen LogP contribution in [-0.4, -0.2) is 89.6 Å². The second-order valence-electron chi connectivity index (χ2n) is 13.6. The lowest BCUT2D eigenvalue weighted by Gasteiger charge is -2.19. The number of rotatable bonds is 11. The van der Waals surface area contributed by atoms with Crippen molar-refractivity contribution in [2.45, 2.75) is 65.6 Å². The van der Waals surface area contributed by atoms with Crippen molar-refractivity contribution in [1.29, 1.82) is 5.26 Å². The fourth-order valence-electron chi connectivity index (χ4n) is 6.94. The fourth-order valence-corrected chi connectivity index (χ4v) is 6.94. The van der Waals surface area contributed by atoms with E-state index in [0.29, 0.717) is 52.7 Å². The number of benzene rings is 2. The van der Waals surface area contributed by atoms with Gasteiger partial charge in [-0.3, -0.25) is 20.1 Å². The summed E-state index contributed by atoms with van der Waals surface area (Å²) in [7, 11) is 1.22. The number of aromatic nitrogens is 2. The number of methoxy groups -OCH3 is 1. The van der Waals surface area contributed by atoms with Crippen molar-refractivity contribution in [1.82, 2.24) is 9.97 Å². The largest absolute Gasteiger partial charge is 0.478 e. The summed E-state index contributed by atoms with van der Waals surface area (Å²) in [4.78, 5) is 69.8. The van der Waals surface area contributed by atoms with E-state index in [0.717, 1.165) is 25.7 Å². The van der Waals surface area contributed by atoms with Crippen molar-refractivity contribution >= 4 is 42.0 Å². The van der Waals surface area contributed by atoms with Crippen molar-refractivity contribution < 1.29 is 52.9 Å². The van der Waals surface area contributed by atoms with Crippen LogP contribution >= 0.6 is 12.4 Å². The van der Waals surface area contributed by atoms with Gasteiger partial charge in [0.1, 0.15) is 13.2 Å². The Morgan fingerprint density at radius 2 is 1.24 bits per heavy atom. The third kappa shape index (κ3) is 10.6. The highest BCUT2D eigenvalue weighted by molar-refractivity contribution is 6.08. The maximum Gasteiger partial charge on any atom is 0.340 e. The molecule has 2 aliphatic heterocycles. The molecule has 2 aliphatic rings. The molecule has 2 aromatic carbocycles. The normalized spacial score (nSPS) is 15.5. The van der Waals surface area contributed by atoms with Crippen LogP contribution < -0.4 is 0 Å². The van der Waals surface area contributed by atoms with E-state index < -0.39 is 28.8 Å². The smallest absolute Gasteiger partial charge is 0.340 e. The number of nitrogens with zero attached hydrogens (tertiary/aromatic N) is 4. The molecule has 59 heavy (non-hydrogen) atoms. The number of pyridine rings is 2. The van der Waals surface area contributed by atoms with E-state index in [-0.39, 0.29) is 76.9 Å². The van der Waals surface area contributed by atoms with Crippen LogP contribution in [0.4, 0.5) is 5.69 Å². The number of aryl methyl sites for hydroxylation is 4. The quantitative estimate of drug-likeness (QED) is 0.0689. The van der Waals surface area contributed by atoms with Crippen LogP contribution in [0.1, 0.15) is 95.5 Å².